The highest BCUT2D eigenvalue weighted by Crippen LogP contribution is 2.37. The van der Waals surface area contributed by atoms with Gasteiger partial charge in [0.25, 0.3) is 11.8 Å². The van der Waals surface area contributed by atoms with E-state index in [1.165, 1.54) is 30.5 Å². The molecule has 9 heteroatoms. The van der Waals surface area contributed by atoms with E-state index in [1.807, 2.05) is 0 Å². The highest BCUT2D eigenvalue weighted by atomic mass is 19.4. The summed E-state index contributed by atoms with van der Waals surface area (Å²) in [4.78, 5) is 29.3. The van der Waals surface area contributed by atoms with E-state index in [4.69, 9.17) is 4.42 Å². The van der Waals surface area contributed by atoms with Gasteiger partial charge in [-0.25, -0.2) is 0 Å². The molecule has 0 saturated carbocycles. The number of rotatable bonds is 4. The Balaban J connectivity index is 1.66. The molecule has 0 radical (unpaired) electrons. The molecule has 0 spiro atoms. The van der Waals surface area contributed by atoms with Gasteiger partial charge in [0.2, 0.25) is 0 Å². The number of carbonyl (C=O) groups is 2. The molecule has 2 heterocycles. The average Bonchev–Trinajstić information content (AvgIpc) is 3.28. The maximum atomic E-state index is 13.7. The Morgan fingerprint density at radius 3 is 2.44 bits per heavy atom. The predicted octanol–water partition coefficient (Wildman–Crippen LogP) is 5.66. The molecule has 0 aliphatic carbocycles. The molecule has 0 aliphatic heterocycles. The largest absolute Gasteiger partial charge is 0.459 e. The van der Waals surface area contributed by atoms with Crippen molar-refractivity contribution in [3.8, 4) is 0 Å². The zero-order valence-electron chi connectivity index (χ0n) is 16.7. The van der Waals surface area contributed by atoms with Gasteiger partial charge in [-0.3, -0.25) is 14.6 Å². The number of hydrogen-bond acceptors (Lipinski definition) is 4. The minimum atomic E-state index is -4.77. The summed E-state index contributed by atoms with van der Waals surface area (Å²) < 4.78 is 46.1. The van der Waals surface area contributed by atoms with Crippen LogP contribution in [0.15, 0.2) is 71.3 Å². The number of halogens is 3. The highest BCUT2D eigenvalue weighted by molar-refractivity contribution is 6.12. The van der Waals surface area contributed by atoms with E-state index in [0.29, 0.717) is 16.6 Å². The SMILES string of the molecule is Cc1cc(C(=O)Nc2ccc(NC(=O)c3ccco3)cc2C(F)(F)F)c2ccccc2n1. The summed E-state index contributed by atoms with van der Waals surface area (Å²) in [6.45, 7) is 1.70. The zero-order chi connectivity index (χ0) is 22.9. The third kappa shape index (κ3) is 4.31. The normalized spacial score (nSPS) is 11.4. The lowest BCUT2D eigenvalue weighted by Gasteiger charge is -2.16. The van der Waals surface area contributed by atoms with Crippen LogP contribution < -0.4 is 10.6 Å². The van der Waals surface area contributed by atoms with Crippen LogP contribution in [0.1, 0.15) is 32.2 Å². The summed E-state index contributed by atoms with van der Waals surface area (Å²) in [5.41, 5.74) is -0.306. The number of hydrogen-bond donors (Lipinski definition) is 2. The van der Waals surface area contributed by atoms with E-state index in [2.05, 4.69) is 15.6 Å². The van der Waals surface area contributed by atoms with Gasteiger partial charge in [0.05, 0.1) is 28.6 Å². The van der Waals surface area contributed by atoms with Gasteiger partial charge < -0.3 is 15.1 Å². The molecule has 4 rings (SSSR count). The monoisotopic (exact) mass is 439 g/mol. The van der Waals surface area contributed by atoms with Crippen LogP contribution in [-0.4, -0.2) is 16.8 Å². The molecule has 0 fully saturated rings. The number of anilines is 2. The molecule has 0 atom stereocenters. The van der Waals surface area contributed by atoms with Gasteiger partial charge in [0.1, 0.15) is 0 Å². The van der Waals surface area contributed by atoms with Crippen molar-refractivity contribution in [3.63, 3.8) is 0 Å². The number of benzene rings is 2. The number of fused-ring (bicyclic) bond motifs is 1. The first-order chi connectivity index (χ1) is 15.2. The van der Waals surface area contributed by atoms with Crippen LogP contribution >= 0.6 is 0 Å². The van der Waals surface area contributed by atoms with Crippen molar-refractivity contribution in [2.75, 3.05) is 10.6 Å². The molecular weight excluding hydrogens is 423 g/mol. The number of nitrogens with one attached hydrogen (secondary N) is 2. The third-order valence-electron chi connectivity index (χ3n) is 4.66. The Bertz CT molecular complexity index is 1320. The fourth-order valence-corrected chi connectivity index (χ4v) is 3.25. The summed E-state index contributed by atoms with van der Waals surface area (Å²) in [6, 6.07) is 14.4. The third-order valence-corrected chi connectivity index (χ3v) is 4.66. The van der Waals surface area contributed by atoms with Gasteiger partial charge in [-0.1, -0.05) is 18.2 Å². The number of furan rings is 1. The molecule has 2 N–H and O–H groups in total. The van der Waals surface area contributed by atoms with Gasteiger partial charge in [0.15, 0.2) is 5.76 Å². The second-order valence-corrected chi connectivity index (χ2v) is 6.97. The molecule has 2 aromatic carbocycles. The molecule has 6 nitrogen and oxygen atoms in total. The summed E-state index contributed by atoms with van der Waals surface area (Å²) in [6.07, 6.45) is -3.50. The fraction of sp³-hybridized carbons (Fsp3) is 0.0870. The van der Waals surface area contributed by atoms with E-state index in [0.717, 1.165) is 12.1 Å². The first-order valence-electron chi connectivity index (χ1n) is 9.46. The maximum Gasteiger partial charge on any atom is 0.418 e. The van der Waals surface area contributed by atoms with E-state index in [-0.39, 0.29) is 17.0 Å². The number of alkyl halides is 3. The molecule has 162 valence electrons. The predicted molar refractivity (Wildman–Crippen MR) is 113 cm³/mol. The quantitative estimate of drug-likeness (QED) is 0.430. The van der Waals surface area contributed by atoms with Crippen LogP contribution in [0, 0.1) is 6.92 Å². The van der Waals surface area contributed by atoms with Gasteiger partial charge in [-0.15, -0.1) is 0 Å². The van der Waals surface area contributed by atoms with Crippen molar-refractivity contribution >= 4 is 34.1 Å². The second-order valence-electron chi connectivity index (χ2n) is 6.97. The molecule has 2 amide bonds. The lowest BCUT2D eigenvalue weighted by Crippen LogP contribution is -2.18. The van der Waals surface area contributed by atoms with Crippen molar-refractivity contribution < 1.29 is 27.2 Å². The molecule has 0 aliphatic rings. The second kappa shape index (κ2) is 8.18. The van der Waals surface area contributed by atoms with Gasteiger partial charge in [0, 0.05) is 16.8 Å². The van der Waals surface area contributed by atoms with E-state index in [9.17, 15) is 22.8 Å². The Morgan fingerprint density at radius 1 is 0.938 bits per heavy atom. The van der Waals surface area contributed by atoms with Crippen LogP contribution in [-0.2, 0) is 6.18 Å². The molecule has 2 aromatic heterocycles. The van der Waals surface area contributed by atoms with Crippen LogP contribution in [0.5, 0.6) is 0 Å². The zero-order valence-corrected chi connectivity index (χ0v) is 16.7. The summed E-state index contributed by atoms with van der Waals surface area (Å²) in [5.74, 6) is -1.45. The smallest absolute Gasteiger partial charge is 0.418 e. The minimum Gasteiger partial charge on any atom is -0.459 e. The average molecular weight is 439 g/mol. The lowest BCUT2D eigenvalue weighted by molar-refractivity contribution is -0.136. The Hall–Kier alpha value is -4.14. The number of aromatic nitrogens is 1. The number of para-hydroxylation sites is 1. The maximum absolute atomic E-state index is 13.7. The molecule has 0 unspecified atom stereocenters. The molecular formula is C23H16F3N3O3. The van der Waals surface area contributed by atoms with Crippen molar-refractivity contribution in [3.05, 3.63) is 89.5 Å². The Morgan fingerprint density at radius 2 is 1.72 bits per heavy atom. The van der Waals surface area contributed by atoms with Crippen LogP contribution in [0.4, 0.5) is 24.5 Å². The topological polar surface area (TPSA) is 84.2 Å². The molecule has 32 heavy (non-hydrogen) atoms. The van der Waals surface area contributed by atoms with Crippen LogP contribution in [0.2, 0.25) is 0 Å². The Labute approximate surface area is 180 Å². The van der Waals surface area contributed by atoms with Crippen LogP contribution in [0.3, 0.4) is 0 Å². The van der Waals surface area contributed by atoms with E-state index in [1.54, 1.807) is 31.2 Å². The number of carbonyl (C=O) groups excluding carboxylic acids is 2. The molecule has 4 aromatic rings. The summed E-state index contributed by atoms with van der Waals surface area (Å²) in [5, 5.41) is 5.21. The lowest BCUT2D eigenvalue weighted by atomic mass is 10.1. The van der Waals surface area contributed by atoms with Gasteiger partial charge in [-0.2, -0.15) is 13.2 Å². The first kappa shape index (κ1) is 21.1. The standard InChI is InChI=1S/C23H16F3N3O3/c1-13-11-16(15-5-2-3-6-18(15)27-13)21(30)29-19-9-8-14(12-17(19)23(24,25)26)28-22(31)20-7-4-10-32-20/h2-12H,1H3,(H,28,31)(H,29,30). The number of nitrogens with zero attached hydrogens (tertiary/aromatic N) is 1. The van der Waals surface area contributed by atoms with Crippen molar-refractivity contribution in [2.45, 2.75) is 13.1 Å². The van der Waals surface area contributed by atoms with E-state index >= 15 is 0 Å². The van der Waals surface area contributed by atoms with Crippen molar-refractivity contribution in [1.29, 1.82) is 0 Å². The van der Waals surface area contributed by atoms with Crippen LogP contribution in [0.25, 0.3) is 10.9 Å². The first-order valence-corrected chi connectivity index (χ1v) is 9.46. The summed E-state index contributed by atoms with van der Waals surface area (Å²) >= 11 is 0. The van der Waals surface area contributed by atoms with E-state index < -0.39 is 29.2 Å². The number of pyridine rings is 1. The highest BCUT2D eigenvalue weighted by Gasteiger charge is 2.34. The summed E-state index contributed by atoms with van der Waals surface area (Å²) in [7, 11) is 0. The number of aryl methyl sites for hydroxylation is 1. The molecule has 0 saturated heterocycles. The van der Waals surface area contributed by atoms with Gasteiger partial charge >= 0.3 is 6.18 Å². The van der Waals surface area contributed by atoms with Gasteiger partial charge in [-0.05, 0) is 49.4 Å². The fourth-order valence-electron chi connectivity index (χ4n) is 3.25. The van der Waals surface area contributed by atoms with Crippen molar-refractivity contribution in [2.24, 2.45) is 0 Å². The minimum absolute atomic E-state index is 0.0455. The Kier molecular flexibility index (Phi) is 5.40. The molecule has 0 bridgehead atoms. The number of amides is 2. The van der Waals surface area contributed by atoms with Crippen molar-refractivity contribution in [1.82, 2.24) is 4.98 Å².